The Kier molecular flexibility index (Phi) is 6.21. The van der Waals surface area contributed by atoms with Crippen LogP contribution in [0, 0.1) is 5.82 Å². The summed E-state index contributed by atoms with van der Waals surface area (Å²) < 4.78 is 45.1. The minimum absolute atomic E-state index is 0.0674. The van der Waals surface area contributed by atoms with Crippen LogP contribution < -0.4 is 4.90 Å². The molecule has 1 atom stereocenters. The molecule has 38 heavy (non-hydrogen) atoms. The number of piperazine rings is 1. The van der Waals surface area contributed by atoms with Gasteiger partial charge in [0.2, 0.25) is 10.0 Å². The summed E-state index contributed by atoms with van der Waals surface area (Å²) in [6.07, 6.45) is 5.45. The summed E-state index contributed by atoms with van der Waals surface area (Å²) in [7, 11) is -1.94. The second-order valence-electron chi connectivity index (χ2n) is 9.53. The minimum atomic E-state index is -3.65. The molecule has 1 unspecified atom stereocenters. The van der Waals surface area contributed by atoms with Crippen molar-refractivity contribution in [3.8, 4) is 5.69 Å². The Morgan fingerprint density at radius 2 is 1.68 bits per heavy atom. The molecule has 1 aliphatic heterocycles. The van der Waals surface area contributed by atoms with Crippen LogP contribution in [0.5, 0.6) is 0 Å². The lowest BCUT2D eigenvalue weighted by atomic mass is 10.0. The highest BCUT2D eigenvalue weighted by molar-refractivity contribution is 7.89. The topological polar surface area (TPSA) is 76.3 Å². The number of rotatable bonds is 6. The highest BCUT2D eigenvalue weighted by Gasteiger charge is 2.35. The lowest BCUT2D eigenvalue weighted by Crippen LogP contribution is -2.55. The van der Waals surface area contributed by atoms with E-state index >= 15 is 0 Å². The van der Waals surface area contributed by atoms with Crippen LogP contribution in [0.3, 0.4) is 0 Å². The largest absolute Gasteiger partial charge is 0.366 e. The van der Waals surface area contributed by atoms with Gasteiger partial charge in [-0.3, -0.25) is 4.68 Å². The second kappa shape index (κ2) is 9.70. The molecule has 0 bridgehead atoms. The van der Waals surface area contributed by atoms with Crippen molar-refractivity contribution in [1.29, 1.82) is 0 Å². The number of sulfonamides is 1. The number of anilines is 1. The van der Waals surface area contributed by atoms with Crippen LogP contribution in [0.15, 0.2) is 96.3 Å². The van der Waals surface area contributed by atoms with E-state index in [2.05, 4.69) is 33.3 Å². The van der Waals surface area contributed by atoms with Crippen molar-refractivity contribution >= 4 is 26.6 Å². The molecule has 3 heterocycles. The maximum absolute atomic E-state index is 13.4. The van der Waals surface area contributed by atoms with E-state index in [9.17, 15) is 12.8 Å². The molecule has 0 aliphatic carbocycles. The molecule has 0 saturated carbocycles. The Hall–Kier alpha value is -4.02. The Morgan fingerprint density at radius 3 is 2.42 bits per heavy atom. The average Bonchev–Trinajstić information content (AvgIpc) is 3.56. The standard InChI is InChI=1S/C28H27FN6O2S/c1-32-20-27(18-30-32)38(36,37)33-13-14-34(26(19-33)15-21-5-3-2-4-6-21)25-11-12-28-22(16-25)17-31-35(28)24-9-7-23(29)8-10-24/h2-12,16-18,20,26H,13-15,19H2,1H3. The smallest absolute Gasteiger partial charge is 0.246 e. The summed E-state index contributed by atoms with van der Waals surface area (Å²) in [5.74, 6) is -0.290. The molecule has 8 nitrogen and oxygen atoms in total. The first-order chi connectivity index (χ1) is 18.4. The number of benzene rings is 3. The zero-order chi connectivity index (χ0) is 26.3. The van der Waals surface area contributed by atoms with Crippen LogP contribution >= 0.6 is 0 Å². The van der Waals surface area contributed by atoms with Crippen molar-refractivity contribution in [1.82, 2.24) is 23.9 Å². The molecular formula is C28H27FN6O2S. The Bertz CT molecular complexity index is 1680. The van der Waals surface area contributed by atoms with E-state index in [4.69, 9.17) is 0 Å². The maximum Gasteiger partial charge on any atom is 0.246 e. The van der Waals surface area contributed by atoms with Crippen molar-refractivity contribution < 1.29 is 12.8 Å². The van der Waals surface area contributed by atoms with Gasteiger partial charge < -0.3 is 4.90 Å². The molecule has 2 aromatic heterocycles. The number of aromatic nitrogens is 4. The van der Waals surface area contributed by atoms with E-state index in [0.29, 0.717) is 26.1 Å². The predicted octanol–water partition coefficient (Wildman–Crippen LogP) is 4.02. The number of halogens is 1. The quantitative estimate of drug-likeness (QED) is 0.332. The van der Waals surface area contributed by atoms with Gasteiger partial charge in [0.1, 0.15) is 10.7 Å². The minimum Gasteiger partial charge on any atom is -0.366 e. The highest BCUT2D eigenvalue weighted by Crippen LogP contribution is 2.30. The van der Waals surface area contributed by atoms with Crippen molar-refractivity contribution in [3.63, 3.8) is 0 Å². The monoisotopic (exact) mass is 530 g/mol. The van der Waals surface area contributed by atoms with E-state index < -0.39 is 10.0 Å². The van der Waals surface area contributed by atoms with Crippen LogP contribution in [0.2, 0.25) is 0 Å². The molecule has 1 saturated heterocycles. The fourth-order valence-corrected chi connectivity index (χ4v) is 6.57. The molecule has 1 aliphatic rings. The average molecular weight is 531 g/mol. The predicted molar refractivity (Wildman–Crippen MR) is 144 cm³/mol. The zero-order valence-electron chi connectivity index (χ0n) is 20.9. The molecule has 0 spiro atoms. The number of nitrogens with zero attached hydrogens (tertiary/aromatic N) is 6. The van der Waals surface area contributed by atoms with Crippen LogP contribution in [0.1, 0.15) is 5.56 Å². The summed E-state index contributed by atoms with van der Waals surface area (Å²) in [5, 5.41) is 9.54. The van der Waals surface area contributed by atoms with Crippen LogP contribution in [-0.2, 0) is 23.5 Å². The van der Waals surface area contributed by atoms with Crippen molar-refractivity contribution in [2.45, 2.75) is 17.4 Å². The SMILES string of the molecule is Cn1cc(S(=O)(=O)N2CCN(c3ccc4c(cnn4-c4ccc(F)cc4)c3)C(Cc3ccccc3)C2)cn1. The number of fused-ring (bicyclic) bond motifs is 1. The van der Waals surface area contributed by atoms with Crippen LogP contribution in [0.25, 0.3) is 16.6 Å². The normalized spacial score (nSPS) is 16.8. The van der Waals surface area contributed by atoms with Crippen molar-refractivity contribution in [3.05, 3.63) is 103 Å². The first kappa shape index (κ1) is 24.3. The van der Waals surface area contributed by atoms with Gasteiger partial charge >= 0.3 is 0 Å². The zero-order valence-corrected chi connectivity index (χ0v) is 21.7. The number of hydrogen-bond acceptors (Lipinski definition) is 5. The Balaban J connectivity index is 1.32. The third kappa shape index (κ3) is 4.57. The molecule has 0 radical (unpaired) electrons. The summed E-state index contributed by atoms with van der Waals surface area (Å²) in [6, 6.07) is 22.5. The number of aryl methyl sites for hydroxylation is 1. The molecule has 10 heteroatoms. The fourth-order valence-electron chi connectivity index (χ4n) is 5.11. The summed E-state index contributed by atoms with van der Waals surface area (Å²) in [6.45, 7) is 1.28. The number of hydrogen-bond donors (Lipinski definition) is 0. The van der Waals surface area contributed by atoms with Gasteiger partial charge in [-0.1, -0.05) is 30.3 Å². The van der Waals surface area contributed by atoms with Gasteiger partial charge in [0, 0.05) is 50.0 Å². The summed E-state index contributed by atoms with van der Waals surface area (Å²) >= 11 is 0. The molecular weight excluding hydrogens is 503 g/mol. The Labute approximate surface area is 220 Å². The summed E-state index contributed by atoms with van der Waals surface area (Å²) in [5.41, 5.74) is 3.85. The third-order valence-electron chi connectivity index (χ3n) is 7.03. The third-order valence-corrected chi connectivity index (χ3v) is 8.85. The molecule has 194 valence electrons. The van der Waals surface area contributed by atoms with Crippen LogP contribution in [-0.4, -0.2) is 58.0 Å². The molecule has 1 fully saturated rings. The van der Waals surface area contributed by atoms with E-state index in [1.807, 2.05) is 30.3 Å². The van der Waals surface area contributed by atoms with E-state index in [1.165, 1.54) is 23.0 Å². The lowest BCUT2D eigenvalue weighted by molar-refractivity contribution is 0.330. The lowest BCUT2D eigenvalue weighted by Gasteiger charge is -2.42. The second-order valence-corrected chi connectivity index (χ2v) is 11.5. The first-order valence-corrected chi connectivity index (χ1v) is 13.9. The van der Waals surface area contributed by atoms with E-state index in [0.717, 1.165) is 27.8 Å². The molecule has 6 rings (SSSR count). The maximum atomic E-state index is 13.4. The van der Waals surface area contributed by atoms with Crippen LogP contribution in [0.4, 0.5) is 10.1 Å². The molecule has 0 N–H and O–H groups in total. The van der Waals surface area contributed by atoms with Crippen molar-refractivity contribution in [2.75, 3.05) is 24.5 Å². The molecule has 5 aromatic rings. The Morgan fingerprint density at radius 1 is 0.921 bits per heavy atom. The van der Waals surface area contributed by atoms with Gasteiger partial charge in [-0.05, 0) is 54.4 Å². The highest BCUT2D eigenvalue weighted by atomic mass is 32.2. The van der Waals surface area contributed by atoms with E-state index in [1.54, 1.807) is 40.6 Å². The van der Waals surface area contributed by atoms with Gasteiger partial charge in [0.25, 0.3) is 0 Å². The molecule has 3 aromatic carbocycles. The fraction of sp³-hybridized carbons (Fsp3) is 0.214. The van der Waals surface area contributed by atoms with Gasteiger partial charge in [-0.15, -0.1) is 0 Å². The van der Waals surface area contributed by atoms with Gasteiger partial charge in [0.05, 0.1) is 23.6 Å². The van der Waals surface area contributed by atoms with E-state index in [-0.39, 0.29) is 16.8 Å². The summed E-state index contributed by atoms with van der Waals surface area (Å²) in [4.78, 5) is 2.50. The first-order valence-electron chi connectivity index (χ1n) is 12.4. The molecule has 0 amide bonds. The van der Waals surface area contributed by atoms with Gasteiger partial charge in [0.15, 0.2) is 0 Å². The van der Waals surface area contributed by atoms with Gasteiger partial charge in [-0.25, -0.2) is 17.5 Å². The van der Waals surface area contributed by atoms with Crippen molar-refractivity contribution in [2.24, 2.45) is 7.05 Å². The van der Waals surface area contributed by atoms with Gasteiger partial charge in [-0.2, -0.15) is 14.5 Å².